The van der Waals surface area contributed by atoms with Gasteiger partial charge in [-0.3, -0.25) is 14.5 Å². The highest BCUT2D eigenvalue weighted by molar-refractivity contribution is 8.00. The van der Waals surface area contributed by atoms with E-state index in [-0.39, 0.29) is 16.5 Å². The van der Waals surface area contributed by atoms with Gasteiger partial charge in [-0.1, -0.05) is 95.4 Å². The zero-order chi connectivity index (χ0) is 31.3. The van der Waals surface area contributed by atoms with E-state index in [9.17, 15) is 14.7 Å². The zero-order valence-corrected chi connectivity index (χ0v) is 26.2. The molecule has 1 aromatic heterocycles. The minimum absolute atomic E-state index is 0.0349. The number of hydrogen-bond donors (Lipinski definition) is 1. The zero-order valence-electron chi connectivity index (χ0n) is 24.5. The van der Waals surface area contributed by atoms with Crippen LogP contribution in [0.25, 0.3) is 5.76 Å². The summed E-state index contributed by atoms with van der Waals surface area (Å²) in [5.41, 5.74) is 4.28. The normalized spacial score (nSPS) is 15.8. The fourth-order valence-corrected chi connectivity index (χ4v) is 6.87. The summed E-state index contributed by atoms with van der Waals surface area (Å²) in [5, 5.41) is 20.4. The number of Topliss-reactive ketones (excluding diaryl/α,β-unsaturated/α-hetero) is 1. The van der Waals surface area contributed by atoms with E-state index in [1.165, 1.54) is 28.0 Å². The van der Waals surface area contributed by atoms with Crippen LogP contribution in [0.4, 0.5) is 5.13 Å². The molecular formula is C35H29N3O5S2. The van der Waals surface area contributed by atoms with E-state index >= 15 is 0 Å². The first-order valence-corrected chi connectivity index (χ1v) is 16.0. The first-order valence-electron chi connectivity index (χ1n) is 14.1. The van der Waals surface area contributed by atoms with Gasteiger partial charge >= 0.3 is 5.91 Å². The Bertz CT molecular complexity index is 1850. The fraction of sp³-hybridized carbons (Fsp3) is 0.143. The van der Waals surface area contributed by atoms with Crippen LogP contribution in [0.1, 0.15) is 33.9 Å². The summed E-state index contributed by atoms with van der Waals surface area (Å²) in [6, 6.07) is 30.9. The largest absolute Gasteiger partial charge is 0.507 e. The number of rotatable bonds is 10. The number of ether oxygens (including phenoxy) is 2. The maximum atomic E-state index is 13.6. The van der Waals surface area contributed by atoms with Crippen molar-refractivity contribution in [1.29, 1.82) is 0 Å². The van der Waals surface area contributed by atoms with Crippen molar-refractivity contribution in [3.05, 3.63) is 137 Å². The number of aliphatic hydroxyl groups is 1. The van der Waals surface area contributed by atoms with Crippen molar-refractivity contribution < 1.29 is 24.2 Å². The number of carbonyl (C=O) groups is 2. The van der Waals surface area contributed by atoms with Gasteiger partial charge in [0, 0.05) is 11.3 Å². The SMILES string of the molecule is COc1ccc(C2C(=C(O)c3ccc(OCc4cccc(C)c4)cc3)C(=O)C(=O)N2c2nnc(SCc3ccccc3)s2)cc1. The molecule has 1 saturated heterocycles. The molecule has 45 heavy (non-hydrogen) atoms. The molecule has 0 bridgehead atoms. The van der Waals surface area contributed by atoms with Crippen molar-refractivity contribution in [1.82, 2.24) is 10.2 Å². The van der Waals surface area contributed by atoms with Crippen molar-refractivity contribution in [3.8, 4) is 11.5 Å². The number of nitrogens with zero attached hydrogens (tertiary/aromatic N) is 3. The molecule has 1 aliphatic heterocycles. The number of benzene rings is 4. The summed E-state index contributed by atoms with van der Waals surface area (Å²) in [6.45, 7) is 2.42. The van der Waals surface area contributed by atoms with Crippen molar-refractivity contribution in [2.75, 3.05) is 12.0 Å². The quantitative estimate of drug-likeness (QED) is 0.0559. The Hall–Kier alpha value is -4.93. The molecule has 4 aromatic carbocycles. The Morgan fingerprint density at radius 2 is 1.60 bits per heavy atom. The van der Waals surface area contributed by atoms with E-state index in [1.807, 2.05) is 55.5 Å². The van der Waals surface area contributed by atoms with Crippen LogP contribution in [-0.4, -0.2) is 34.1 Å². The van der Waals surface area contributed by atoms with E-state index < -0.39 is 17.7 Å². The second-order valence-electron chi connectivity index (χ2n) is 10.4. The van der Waals surface area contributed by atoms with Crippen molar-refractivity contribution >= 4 is 45.7 Å². The van der Waals surface area contributed by atoms with Gasteiger partial charge in [0.25, 0.3) is 5.78 Å². The molecule has 1 fully saturated rings. The minimum Gasteiger partial charge on any atom is -0.507 e. The van der Waals surface area contributed by atoms with Crippen LogP contribution in [-0.2, 0) is 21.9 Å². The van der Waals surface area contributed by atoms with Gasteiger partial charge in [-0.15, -0.1) is 10.2 Å². The van der Waals surface area contributed by atoms with Gasteiger partial charge in [0.2, 0.25) is 5.13 Å². The van der Waals surface area contributed by atoms with Crippen LogP contribution in [0.3, 0.4) is 0 Å². The maximum absolute atomic E-state index is 13.6. The number of anilines is 1. The Morgan fingerprint density at radius 3 is 2.31 bits per heavy atom. The third kappa shape index (κ3) is 6.62. The number of aryl methyl sites for hydroxylation is 1. The highest BCUT2D eigenvalue weighted by Gasteiger charge is 2.48. The van der Waals surface area contributed by atoms with Gasteiger partial charge in [0.1, 0.15) is 23.9 Å². The Morgan fingerprint density at radius 1 is 0.889 bits per heavy atom. The van der Waals surface area contributed by atoms with Crippen molar-refractivity contribution in [2.24, 2.45) is 0 Å². The van der Waals surface area contributed by atoms with Crippen LogP contribution in [0.2, 0.25) is 0 Å². The molecular weight excluding hydrogens is 607 g/mol. The maximum Gasteiger partial charge on any atom is 0.301 e. The molecule has 1 N–H and O–H groups in total. The van der Waals surface area contributed by atoms with Crippen LogP contribution in [0.15, 0.2) is 113 Å². The summed E-state index contributed by atoms with van der Waals surface area (Å²) >= 11 is 2.72. The summed E-state index contributed by atoms with van der Waals surface area (Å²) in [4.78, 5) is 28.5. The predicted molar refractivity (Wildman–Crippen MR) is 176 cm³/mol. The average molecular weight is 636 g/mol. The van der Waals surface area contributed by atoms with Gasteiger partial charge in [-0.05, 0) is 60.0 Å². The molecule has 0 spiro atoms. The lowest BCUT2D eigenvalue weighted by atomic mass is 9.95. The molecule has 0 aliphatic carbocycles. The number of ketones is 1. The lowest BCUT2D eigenvalue weighted by molar-refractivity contribution is -0.132. The molecule has 1 amide bonds. The fourth-order valence-electron chi connectivity index (χ4n) is 5.04. The van der Waals surface area contributed by atoms with E-state index in [0.29, 0.717) is 39.3 Å². The van der Waals surface area contributed by atoms with Gasteiger partial charge in [0.05, 0.1) is 18.7 Å². The first-order chi connectivity index (χ1) is 21.9. The molecule has 1 unspecified atom stereocenters. The molecule has 5 aromatic rings. The number of aliphatic hydroxyl groups excluding tert-OH is 1. The summed E-state index contributed by atoms with van der Waals surface area (Å²) in [6.07, 6.45) is 0. The summed E-state index contributed by atoms with van der Waals surface area (Å²) in [5.74, 6) is 0.0288. The molecule has 8 nitrogen and oxygen atoms in total. The number of amides is 1. The highest BCUT2D eigenvalue weighted by atomic mass is 32.2. The number of hydrogen-bond acceptors (Lipinski definition) is 9. The second-order valence-corrected chi connectivity index (χ2v) is 12.5. The molecule has 2 heterocycles. The topological polar surface area (TPSA) is 102 Å². The Balaban J connectivity index is 1.30. The Labute approximate surface area is 269 Å². The van der Waals surface area contributed by atoms with E-state index in [1.54, 1.807) is 55.6 Å². The van der Waals surface area contributed by atoms with Crippen LogP contribution >= 0.6 is 23.1 Å². The average Bonchev–Trinajstić information content (AvgIpc) is 3.65. The Kier molecular flexibility index (Phi) is 8.95. The molecule has 0 saturated carbocycles. The summed E-state index contributed by atoms with van der Waals surface area (Å²) < 4.78 is 11.9. The standard InChI is InChI=1S/C35H29N3O5S2/c1-22-7-6-10-24(19-22)20-43-28-17-13-26(14-18-28)31(39)29-30(25-11-15-27(42-2)16-12-25)38(33(41)32(29)40)34-36-37-35(45-34)44-21-23-8-4-3-5-9-23/h3-19,30,39H,20-21H2,1-2H3. The van der Waals surface area contributed by atoms with E-state index in [2.05, 4.69) is 16.3 Å². The molecule has 1 aliphatic rings. The van der Waals surface area contributed by atoms with E-state index in [4.69, 9.17) is 9.47 Å². The van der Waals surface area contributed by atoms with Gasteiger partial charge in [-0.2, -0.15) is 0 Å². The van der Waals surface area contributed by atoms with E-state index in [0.717, 1.165) is 16.7 Å². The second kappa shape index (κ2) is 13.4. The van der Waals surface area contributed by atoms with Crippen molar-refractivity contribution in [3.63, 3.8) is 0 Å². The molecule has 0 radical (unpaired) electrons. The number of thioether (sulfide) groups is 1. The number of methoxy groups -OCH3 is 1. The van der Waals surface area contributed by atoms with Crippen LogP contribution < -0.4 is 14.4 Å². The number of aromatic nitrogens is 2. The van der Waals surface area contributed by atoms with Gasteiger partial charge in [0.15, 0.2) is 4.34 Å². The number of carbonyl (C=O) groups excluding carboxylic acids is 2. The summed E-state index contributed by atoms with van der Waals surface area (Å²) in [7, 11) is 1.56. The molecule has 1 atom stereocenters. The van der Waals surface area contributed by atoms with Crippen LogP contribution in [0, 0.1) is 6.92 Å². The molecule has 6 rings (SSSR count). The molecule has 10 heteroatoms. The monoisotopic (exact) mass is 635 g/mol. The third-order valence-electron chi connectivity index (χ3n) is 7.30. The minimum atomic E-state index is -0.923. The van der Waals surface area contributed by atoms with Gasteiger partial charge in [-0.25, -0.2) is 0 Å². The first kappa shape index (κ1) is 30.1. The van der Waals surface area contributed by atoms with Crippen molar-refractivity contribution in [2.45, 2.75) is 29.7 Å². The van der Waals surface area contributed by atoms with Crippen LogP contribution in [0.5, 0.6) is 11.5 Å². The third-order valence-corrected chi connectivity index (χ3v) is 9.43. The smallest absolute Gasteiger partial charge is 0.301 e. The van der Waals surface area contributed by atoms with Gasteiger partial charge < -0.3 is 14.6 Å². The highest BCUT2D eigenvalue weighted by Crippen LogP contribution is 2.44. The predicted octanol–water partition coefficient (Wildman–Crippen LogP) is 7.35. The molecule has 226 valence electrons. The lowest BCUT2D eigenvalue weighted by Crippen LogP contribution is -2.29. The lowest BCUT2D eigenvalue weighted by Gasteiger charge is -2.22.